The number of pyridine rings is 1. The number of rotatable bonds is 18. The van der Waals surface area contributed by atoms with Crippen LogP contribution >= 0.6 is 23.4 Å². The Hall–Kier alpha value is -2.74. The number of likely N-dealkylation sites (N-methyl/N-ethyl adjacent to an activating group) is 1. The van der Waals surface area contributed by atoms with Crippen LogP contribution in [0.2, 0.25) is 5.02 Å². The van der Waals surface area contributed by atoms with Crippen molar-refractivity contribution >= 4 is 29.3 Å². The molecule has 4 atom stereocenters. The van der Waals surface area contributed by atoms with Gasteiger partial charge in [-0.25, -0.2) is 0 Å². The molecule has 10 nitrogen and oxygen atoms in total. The topological polar surface area (TPSA) is 156 Å². The fourth-order valence-corrected chi connectivity index (χ4v) is 6.63. The molecule has 0 saturated heterocycles. The first kappa shape index (κ1) is 35.6. The lowest BCUT2D eigenvalue weighted by Gasteiger charge is -2.28. The summed E-state index contributed by atoms with van der Waals surface area (Å²) in [5.74, 6) is 1.37. The number of thioether (sulfide) groups is 1. The molecule has 2 aliphatic carbocycles. The van der Waals surface area contributed by atoms with Crippen molar-refractivity contribution in [3.8, 4) is 16.9 Å². The number of halogens is 1. The maximum absolute atomic E-state index is 12.6. The SMILES string of the molecule is CN(CC(O)C(O)C(O)C(O)CO)C(=O)CCCSc1ccc(Cl)c(CNC2(c3cnccc3-c3ccccc3OC3CC3)CC2)c1. The molecule has 6 N–H and O–H groups in total. The Labute approximate surface area is 284 Å². The van der Waals surface area contributed by atoms with Crippen LogP contribution < -0.4 is 10.1 Å². The number of ether oxygens (including phenoxy) is 1. The van der Waals surface area contributed by atoms with Gasteiger partial charge in [-0.05, 0) is 84.9 Å². The number of nitrogens with zero attached hydrogens (tertiary/aromatic N) is 2. The normalized spacial score (nSPS) is 17.9. The van der Waals surface area contributed by atoms with E-state index in [1.807, 2.05) is 42.7 Å². The lowest BCUT2D eigenvalue weighted by molar-refractivity contribution is -0.138. The minimum Gasteiger partial charge on any atom is -0.490 e. The Balaban J connectivity index is 1.13. The van der Waals surface area contributed by atoms with Gasteiger partial charge in [-0.15, -0.1) is 11.8 Å². The number of amides is 1. The predicted octanol–water partition coefficient (Wildman–Crippen LogP) is 3.49. The molecule has 3 aromatic rings. The van der Waals surface area contributed by atoms with Crippen LogP contribution in [0.15, 0.2) is 65.8 Å². The number of hydrogen-bond acceptors (Lipinski definition) is 10. The summed E-state index contributed by atoms with van der Waals surface area (Å²) in [7, 11) is 1.50. The van der Waals surface area contributed by atoms with Crippen LogP contribution in [0.4, 0.5) is 0 Å². The minimum atomic E-state index is -1.73. The molecule has 4 unspecified atom stereocenters. The van der Waals surface area contributed by atoms with Crippen LogP contribution in [-0.4, -0.2) is 97.8 Å². The van der Waals surface area contributed by atoms with Gasteiger partial charge in [0.1, 0.15) is 30.2 Å². The molecule has 1 heterocycles. The second-order valence-corrected chi connectivity index (χ2v) is 14.0. The highest BCUT2D eigenvalue weighted by Crippen LogP contribution is 2.50. The zero-order valence-electron chi connectivity index (χ0n) is 26.5. The van der Waals surface area contributed by atoms with Crippen LogP contribution in [0.1, 0.15) is 49.7 Å². The second kappa shape index (κ2) is 16.1. The number of nitrogens with one attached hydrogen (secondary N) is 1. The summed E-state index contributed by atoms with van der Waals surface area (Å²) in [6.07, 6.45) is 2.60. The fourth-order valence-electron chi connectivity index (χ4n) is 5.53. The smallest absolute Gasteiger partial charge is 0.222 e. The summed E-state index contributed by atoms with van der Waals surface area (Å²) >= 11 is 8.26. The minimum absolute atomic E-state index is 0.199. The maximum atomic E-state index is 12.6. The average Bonchev–Trinajstić information content (AvgIpc) is 4.03. The van der Waals surface area contributed by atoms with E-state index in [9.17, 15) is 25.2 Å². The van der Waals surface area contributed by atoms with Gasteiger partial charge in [0, 0.05) is 60.0 Å². The number of carbonyl (C=O) groups excluding carboxylic acids is 1. The molecule has 47 heavy (non-hydrogen) atoms. The van der Waals surface area contributed by atoms with E-state index in [4.69, 9.17) is 21.4 Å². The molecule has 12 heteroatoms. The summed E-state index contributed by atoms with van der Waals surface area (Å²) < 4.78 is 6.24. The summed E-state index contributed by atoms with van der Waals surface area (Å²) in [5.41, 5.74) is 4.15. The van der Waals surface area contributed by atoms with Gasteiger partial charge >= 0.3 is 0 Å². The molecule has 2 aliphatic rings. The largest absolute Gasteiger partial charge is 0.490 e. The average molecular weight is 686 g/mol. The molecule has 254 valence electrons. The lowest BCUT2D eigenvalue weighted by atomic mass is 9.94. The van der Waals surface area contributed by atoms with E-state index in [0.29, 0.717) is 29.8 Å². The standard InChI is InChI=1S/C35H44ClN3O7S/c1-39(20-29(41)33(44)34(45)30(42)21-40)32(43)7-4-16-47-24-10-11-28(36)22(17-24)18-38-35(13-14-35)27-19-37-15-12-25(27)26-5-2-3-6-31(26)46-23-8-9-23/h2-3,5-6,10-12,15,17,19,23,29-30,33-34,38,40-42,44-45H,4,7-9,13-14,16,18,20-21H2,1H3. The van der Waals surface area contributed by atoms with Gasteiger partial charge in [0.25, 0.3) is 0 Å². The third-order valence-electron chi connectivity index (χ3n) is 8.73. The first-order valence-corrected chi connectivity index (χ1v) is 17.4. The van der Waals surface area contributed by atoms with Gasteiger partial charge in [-0.3, -0.25) is 9.78 Å². The van der Waals surface area contributed by atoms with Gasteiger partial charge in [0.05, 0.1) is 12.7 Å². The number of aromatic nitrogens is 1. The van der Waals surface area contributed by atoms with Crippen molar-refractivity contribution in [1.82, 2.24) is 15.2 Å². The van der Waals surface area contributed by atoms with Crippen LogP contribution in [0, 0.1) is 0 Å². The molecular weight excluding hydrogens is 642 g/mol. The quantitative estimate of drug-likeness (QED) is 0.0866. The van der Waals surface area contributed by atoms with Gasteiger partial charge in [-0.2, -0.15) is 0 Å². The van der Waals surface area contributed by atoms with E-state index < -0.39 is 31.0 Å². The number of aliphatic hydroxyl groups excluding tert-OH is 5. The van der Waals surface area contributed by atoms with Crippen LogP contribution in [-0.2, 0) is 16.9 Å². The maximum Gasteiger partial charge on any atom is 0.222 e. The third kappa shape index (κ3) is 9.24. The van der Waals surface area contributed by atoms with E-state index in [-0.39, 0.29) is 24.4 Å². The molecule has 2 fully saturated rings. The Bertz CT molecular complexity index is 1510. The number of hydrogen-bond donors (Lipinski definition) is 6. The summed E-state index contributed by atoms with van der Waals surface area (Å²) in [4.78, 5) is 19.4. The molecule has 0 radical (unpaired) electrons. The van der Waals surface area contributed by atoms with Crippen molar-refractivity contribution in [3.05, 3.63) is 77.1 Å². The van der Waals surface area contributed by atoms with E-state index in [1.165, 1.54) is 11.9 Å². The van der Waals surface area contributed by atoms with Gasteiger partial charge < -0.3 is 40.5 Å². The second-order valence-electron chi connectivity index (χ2n) is 12.4. The van der Waals surface area contributed by atoms with E-state index >= 15 is 0 Å². The van der Waals surface area contributed by atoms with Crippen LogP contribution in [0.5, 0.6) is 5.75 Å². The van der Waals surface area contributed by atoms with E-state index in [0.717, 1.165) is 58.6 Å². The van der Waals surface area contributed by atoms with Gasteiger partial charge in [-0.1, -0.05) is 29.8 Å². The molecule has 0 aliphatic heterocycles. The predicted molar refractivity (Wildman–Crippen MR) is 181 cm³/mol. The molecular formula is C35H44ClN3O7S. The number of aliphatic hydroxyl groups is 5. The van der Waals surface area contributed by atoms with E-state index in [1.54, 1.807) is 11.8 Å². The van der Waals surface area contributed by atoms with Crippen molar-refractivity contribution in [2.75, 3.05) is 26.0 Å². The number of carbonyl (C=O) groups is 1. The summed E-state index contributed by atoms with van der Waals surface area (Å²) in [6, 6.07) is 16.2. The Morgan fingerprint density at radius 3 is 2.55 bits per heavy atom. The Morgan fingerprint density at radius 1 is 1.09 bits per heavy atom. The fraction of sp³-hybridized carbons (Fsp3) is 0.486. The monoisotopic (exact) mass is 685 g/mol. The van der Waals surface area contributed by atoms with Crippen molar-refractivity contribution in [1.29, 1.82) is 0 Å². The zero-order chi connectivity index (χ0) is 33.6. The highest BCUT2D eigenvalue weighted by atomic mass is 35.5. The first-order chi connectivity index (χ1) is 22.6. The summed E-state index contributed by atoms with van der Waals surface area (Å²) in [5, 5.41) is 52.9. The van der Waals surface area contributed by atoms with Crippen molar-refractivity contribution < 1.29 is 35.1 Å². The Morgan fingerprint density at radius 2 is 1.83 bits per heavy atom. The first-order valence-electron chi connectivity index (χ1n) is 16.1. The zero-order valence-corrected chi connectivity index (χ0v) is 28.0. The van der Waals surface area contributed by atoms with Crippen molar-refractivity contribution in [2.24, 2.45) is 0 Å². The molecule has 0 bridgehead atoms. The van der Waals surface area contributed by atoms with Crippen molar-refractivity contribution in [3.63, 3.8) is 0 Å². The Kier molecular flexibility index (Phi) is 12.2. The third-order valence-corrected chi connectivity index (χ3v) is 10.2. The lowest BCUT2D eigenvalue weighted by Crippen LogP contribution is -2.49. The van der Waals surface area contributed by atoms with Gasteiger partial charge in [0.2, 0.25) is 5.91 Å². The summed E-state index contributed by atoms with van der Waals surface area (Å²) in [6.45, 7) is -0.399. The molecule has 2 aromatic carbocycles. The van der Waals surface area contributed by atoms with Crippen LogP contribution in [0.25, 0.3) is 11.1 Å². The van der Waals surface area contributed by atoms with Crippen LogP contribution in [0.3, 0.4) is 0 Å². The molecule has 1 aromatic heterocycles. The highest BCUT2D eigenvalue weighted by Gasteiger charge is 2.46. The molecule has 0 spiro atoms. The van der Waals surface area contributed by atoms with E-state index in [2.05, 4.69) is 28.5 Å². The molecule has 5 rings (SSSR count). The highest BCUT2D eigenvalue weighted by molar-refractivity contribution is 7.99. The number of para-hydroxylation sites is 1. The number of benzene rings is 2. The molecule has 1 amide bonds. The van der Waals surface area contributed by atoms with Gasteiger partial charge in [0.15, 0.2) is 0 Å². The molecule has 2 saturated carbocycles. The van der Waals surface area contributed by atoms with Crippen molar-refractivity contribution in [2.45, 2.75) is 86.0 Å².